The van der Waals surface area contributed by atoms with Crippen molar-refractivity contribution < 1.29 is 0 Å². The molecule has 0 bridgehead atoms. The minimum absolute atomic E-state index is 0.403. The Balaban J connectivity index is 2.23. The molecule has 0 saturated carbocycles. The molecule has 0 spiro atoms. The molecule has 1 aromatic carbocycles. The summed E-state index contributed by atoms with van der Waals surface area (Å²) < 4.78 is 1.60. The quantitative estimate of drug-likeness (QED) is 0.671. The maximum absolute atomic E-state index is 9.08. The molecule has 3 aromatic rings. The van der Waals surface area contributed by atoms with Crippen molar-refractivity contribution in [1.82, 2.24) is 14.6 Å². The van der Waals surface area contributed by atoms with Gasteiger partial charge in [0.1, 0.15) is 5.15 Å². The van der Waals surface area contributed by atoms with Crippen molar-refractivity contribution in [2.24, 2.45) is 0 Å². The van der Waals surface area contributed by atoms with E-state index in [0.717, 1.165) is 5.56 Å². The molecule has 3 rings (SSSR count). The Hall–Kier alpha value is -2.38. The van der Waals surface area contributed by atoms with Crippen LogP contribution in [0.15, 0.2) is 42.6 Å². The number of hydrogen-bond acceptors (Lipinski definition) is 3. The first-order chi connectivity index (χ1) is 8.78. The number of imidazole rings is 1. The van der Waals surface area contributed by atoms with Crippen molar-refractivity contribution in [3.63, 3.8) is 0 Å². The van der Waals surface area contributed by atoms with Crippen LogP contribution in [-0.4, -0.2) is 14.6 Å². The average Bonchev–Trinajstić information content (AvgIpc) is 2.81. The van der Waals surface area contributed by atoms with Crippen LogP contribution in [0.1, 0.15) is 5.56 Å². The molecule has 0 aliphatic rings. The second kappa shape index (κ2) is 4.13. The molecule has 0 unspecified atom stereocenters. The summed E-state index contributed by atoms with van der Waals surface area (Å²) in [7, 11) is 0. The number of halogens is 1. The first-order valence-electron chi connectivity index (χ1n) is 5.29. The zero-order chi connectivity index (χ0) is 12.5. The third kappa shape index (κ3) is 1.71. The van der Waals surface area contributed by atoms with Crippen molar-refractivity contribution >= 4 is 17.2 Å². The summed E-state index contributed by atoms with van der Waals surface area (Å²) in [6.07, 6.45) is 1.76. The highest BCUT2D eigenvalue weighted by Gasteiger charge is 2.09. The zero-order valence-electron chi connectivity index (χ0n) is 9.21. The molecule has 2 aromatic heterocycles. The van der Waals surface area contributed by atoms with Crippen molar-refractivity contribution in [3.8, 4) is 17.3 Å². The van der Waals surface area contributed by atoms with Gasteiger partial charge in [-0.25, -0.2) is 9.50 Å². The van der Waals surface area contributed by atoms with Gasteiger partial charge in [-0.05, 0) is 18.2 Å². The van der Waals surface area contributed by atoms with Crippen LogP contribution >= 0.6 is 11.6 Å². The third-order valence-electron chi connectivity index (χ3n) is 2.61. The number of nitrogens with zero attached hydrogens (tertiary/aromatic N) is 4. The Morgan fingerprint density at radius 3 is 2.83 bits per heavy atom. The van der Waals surface area contributed by atoms with Crippen LogP contribution in [0.25, 0.3) is 16.9 Å². The van der Waals surface area contributed by atoms with Gasteiger partial charge in [-0.2, -0.15) is 10.4 Å². The van der Waals surface area contributed by atoms with Crippen LogP contribution in [-0.2, 0) is 0 Å². The van der Waals surface area contributed by atoms with Gasteiger partial charge in [0, 0.05) is 5.56 Å². The highest BCUT2D eigenvalue weighted by Crippen LogP contribution is 2.22. The molecular formula is C13H7ClN4. The third-order valence-corrected chi connectivity index (χ3v) is 2.81. The summed E-state index contributed by atoms with van der Waals surface area (Å²) in [6, 6.07) is 13.0. The summed E-state index contributed by atoms with van der Waals surface area (Å²) in [4.78, 5) is 4.42. The lowest BCUT2D eigenvalue weighted by Gasteiger charge is -1.97. The lowest BCUT2D eigenvalue weighted by atomic mass is 10.1. The van der Waals surface area contributed by atoms with Gasteiger partial charge in [0.2, 0.25) is 0 Å². The Bertz CT molecular complexity index is 770. The van der Waals surface area contributed by atoms with E-state index in [2.05, 4.69) is 16.2 Å². The Morgan fingerprint density at radius 1 is 1.17 bits per heavy atom. The van der Waals surface area contributed by atoms with Gasteiger partial charge in [0.25, 0.3) is 0 Å². The first kappa shape index (κ1) is 10.8. The van der Waals surface area contributed by atoms with E-state index in [1.165, 1.54) is 0 Å². The molecule has 0 atom stereocenters. The monoisotopic (exact) mass is 254 g/mol. The number of aromatic nitrogens is 3. The van der Waals surface area contributed by atoms with E-state index < -0.39 is 0 Å². The topological polar surface area (TPSA) is 54.0 Å². The highest BCUT2D eigenvalue weighted by molar-refractivity contribution is 6.29. The van der Waals surface area contributed by atoms with Crippen LogP contribution in [0, 0.1) is 11.3 Å². The predicted octanol–water partition coefficient (Wildman–Crippen LogP) is 2.92. The molecule has 0 saturated heterocycles. The van der Waals surface area contributed by atoms with Crippen LogP contribution < -0.4 is 0 Å². The summed E-state index contributed by atoms with van der Waals surface area (Å²) in [6.45, 7) is 0. The minimum atomic E-state index is 0.403. The molecule has 86 valence electrons. The molecule has 4 nitrogen and oxygen atoms in total. The van der Waals surface area contributed by atoms with Crippen molar-refractivity contribution in [1.29, 1.82) is 5.26 Å². The van der Waals surface area contributed by atoms with Gasteiger partial charge >= 0.3 is 0 Å². The van der Waals surface area contributed by atoms with Gasteiger partial charge in [-0.3, -0.25) is 0 Å². The number of rotatable bonds is 1. The van der Waals surface area contributed by atoms with Crippen molar-refractivity contribution in [2.75, 3.05) is 0 Å². The van der Waals surface area contributed by atoms with Crippen molar-refractivity contribution in [3.05, 3.63) is 53.3 Å². The molecule has 0 aliphatic heterocycles. The molecule has 5 heteroatoms. The maximum atomic E-state index is 9.08. The summed E-state index contributed by atoms with van der Waals surface area (Å²) in [5, 5.41) is 13.6. The van der Waals surface area contributed by atoms with Crippen LogP contribution in [0.2, 0.25) is 5.15 Å². The van der Waals surface area contributed by atoms with E-state index in [-0.39, 0.29) is 0 Å². The number of benzene rings is 1. The van der Waals surface area contributed by atoms with E-state index in [9.17, 15) is 0 Å². The van der Waals surface area contributed by atoms with Gasteiger partial charge in [0.05, 0.1) is 23.5 Å². The van der Waals surface area contributed by atoms with Crippen LogP contribution in [0.5, 0.6) is 0 Å². The summed E-state index contributed by atoms with van der Waals surface area (Å²) >= 11 is 5.82. The molecule has 0 fully saturated rings. The molecule has 0 aliphatic carbocycles. The SMILES string of the molecule is N#Cc1ccccc1-c1cn2nc(Cl)ccc2n1. The Labute approximate surface area is 108 Å². The van der Waals surface area contributed by atoms with Gasteiger partial charge in [0.15, 0.2) is 5.65 Å². The molecule has 2 heterocycles. The molecule has 0 N–H and O–H groups in total. The Kier molecular flexibility index (Phi) is 2.47. The van der Waals surface area contributed by atoms with Crippen LogP contribution in [0.4, 0.5) is 0 Å². The van der Waals surface area contributed by atoms with Crippen LogP contribution in [0.3, 0.4) is 0 Å². The van der Waals surface area contributed by atoms with Gasteiger partial charge in [-0.15, -0.1) is 0 Å². The minimum Gasteiger partial charge on any atom is -0.227 e. The fraction of sp³-hybridized carbons (Fsp3) is 0. The molecule has 0 amide bonds. The fourth-order valence-corrected chi connectivity index (χ4v) is 1.94. The van der Waals surface area contributed by atoms with E-state index in [0.29, 0.717) is 22.1 Å². The fourth-order valence-electron chi connectivity index (χ4n) is 1.79. The van der Waals surface area contributed by atoms with Gasteiger partial charge < -0.3 is 0 Å². The highest BCUT2D eigenvalue weighted by atomic mass is 35.5. The first-order valence-corrected chi connectivity index (χ1v) is 5.67. The average molecular weight is 255 g/mol. The van der Waals surface area contributed by atoms with E-state index in [1.807, 2.05) is 18.2 Å². The summed E-state index contributed by atoms with van der Waals surface area (Å²) in [5.74, 6) is 0. The lowest BCUT2D eigenvalue weighted by Crippen LogP contribution is -1.88. The van der Waals surface area contributed by atoms with E-state index in [1.54, 1.807) is 28.9 Å². The number of hydrogen-bond donors (Lipinski definition) is 0. The predicted molar refractivity (Wildman–Crippen MR) is 68.1 cm³/mol. The summed E-state index contributed by atoms with van der Waals surface area (Å²) in [5.41, 5.74) is 2.79. The largest absolute Gasteiger partial charge is 0.227 e. The number of nitriles is 1. The number of fused-ring (bicyclic) bond motifs is 1. The normalized spacial score (nSPS) is 10.4. The second-order valence-corrected chi connectivity index (χ2v) is 4.13. The lowest BCUT2D eigenvalue weighted by molar-refractivity contribution is 0.937. The smallest absolute Gasteiger partial charge is 0.154 e. The Morgan fingerprint density at radius 2 is 2.00 bits per heavy atom. The second-order valence-electron chi connectivity index (χ2n) is 3.74. The molecule has 0 radical (unpaired) electrons. The van der Waals surface area contributed by atoms with E-state index in [4.69, 9.17) is 16.9 Å². The molecular weight excluding hydrogens is 248 g/mol. The van der Waals surface area contributed by atoms with E-state index >= 15 is 0 Å². The maximum Gasteiger partial charge on any atom is 0.154 e. The zero-order valence-corrected chi connectivity index (χ0v) is 9.96. The van der Waals surface area contributed by atoms with Gasteiger partial charge in [-0.1, -0.05) is 29.8 Å². The standard InChI is InChI=1S/C13H7ClN4/c14-12-5-6-13-16-11(8-18(13)17-12)10-4-2-1-3-9(10)7-15/h1-6,8H. The molecule has 18 heavy (non-hydrogen) atoms. The van der Waals surface area contributed by atoms with Crippen molar-refractivity contribution in [2.45, 2.75) is 0 Å².